The van der Waals surface area contributed by atoms with E-state index in [4.69, 9.17) is 5.73 Å². The third-order valence-electron chi connectivity index (χ3n) is 4.06. The highest BCUT2D eigenvalue weighted by Crippen LogP contribution is 2.42. The summed E-state index contributed by atoms with van der Waals surface area (Å²) in [5, 5.41) is 8.58. The zero-order chi connectivity index (χ0) is 16.3. The molecule has 0 unspecified atom stereocenters. The molecule has 2 rings (SSSR count). The van der Waals surface area contributed by atoms with Gasteiger partial charge in [0.25, 0.3) is 0 Å². The van der Waals surface area contributed by atoms with Crippen LogP contribution in [0.4, 0.5) is 0 Å². The van der Waals surface area contributed by atoms with Crippen LogP contribution in [0.2, 0.25) is 0 Å². The van der Waals surface area contributed by atoms with Gasteiger partial charge in [0.1, 0.15) is 5.01 Å². The van der Waals surface area contributed by atoms with Crippen LogP contribution in [0.5, 0.6) is 0 Å². The minimum Gasteiger partial charge on any atom is -0.346 e. The molecule has 0 saturated heterocycles. The number of carbonyl (C=O) groups excluding carboxylic acids is 2. The average Bonchev–Trinajstić information content (AvgIpc) is 2.85. The van der Waals surface area contributed by atoms with Crippen LogP contribution in [0.1, 0.15) is 43.8 Å². The summed E-state index contributed by atoms with van der Waals surface area (Å²) in [6, 6.07) is -0.591. The molecule has 6 nitrogen and oxygen atoms in total. The summed E-state index contributed by atoms with van der Waals surface area (Å²) >= 11 is 1.57. The number of nitrogens with zero attached hydrogens (tertiary/aromatic N) is 1. The second-order valence-electron chi connectivity index (χ2n) is 6.27. The molecule has 0 spiro atoms. The molecule has 2 amide bonds. The minimum absolute atomic E-state index is 0.0410. The fourth-order valence-corrected chi connectivity index (χ4v) is 3.41. The van der Waals surface area contributed by atoms with Crippen molar-refractivity contribution < 1.29 is 9.59 Å². The average molecular weight is 324 g/mol. The van der Waals surface area contributed by atoms with E-state index >= 15 is 0 Å². The molecule has 22 heavy (non-hydrogen) atoms. The van der Waals surface area contributed by atoms with E-state index in [9.17, 15) is 9.59 Å². The molecule has 1 aromatic heterocycles. The number of nitrogens with one attached hydrogen (secondary N) is 2. The Morgan fingerprint density at radius 1 is 1.45 bits per heavy atom. The number of carbonyl (C=O) groups is 2. The van der Waals surface area contributed by atoms with E-state index in [0.29, 0.717) is 0 Å². The van der Waals surface area contributed by atoms with Crippen LogP contribution in [0.3, 0.4) is 0 Å². The summed E-state index contributed by atoms with van der Waals surface area (Å²) < 4.78 is 0. The molecule has 7 heteroatoms. The largest absolute Gasteiger partial charge is 0.346 e. The molecule has 1 aromatic rings. The van der Waals surface area contributed by atoms with Crippen molar-refractivity contribution in [3.63, 3.8) is 0 Å². The summed E-state index contributed by atoms with van der Waals surface area (Å²) in [7, 11) is 0. The topological polar surface area (TPSA) is 97.1 Å². The molecular formula is C15H24N4O2S. The highest BCUT2D eigenvalue weighted by atomic mass is 32.1. The number of hydrogen-bond acceptors (Lipinski definition) is 5. The van der Waals surface area contributed by atoms with Crippen molar-refractivity contribution >= 4 is 23.2 Å². The molecule has 1 atom stereocenters. The summed E-state index contributed by atoms with van der Waals surface area (Å²) in [6.45, 7) is 5.64. The van der Waals surface area contributed by atoms with Crippen molar-refractivity contribution in [1.82, 2.24) is 15.6 Å². The van der Waals surface area contributed by atoms with Gasteiger partial charge in [0.15, 0.2) is 0 Å². The van der Waals surface area contributed by atoms with Crippen molar-refractivity contribution in [2.45, 2.75) is 51.6 Å². The Morgan fingerprint density at radius 2 is 2.14 bits per heavy atom. The van der Waals surface area contributed by atoms with Crippen LogP contribution in [0.15, 0.2) is 5.38 Å². The van der Waals surface area contributed by atoms with Crippen molar-refractivity contribution in [3.05, 3.63) is 16.1 Å². The Labute approximate surface area is 134 Å². The quantitative estimate of drug-likeness (QED) is 0.728. The molecule has 0 bridgehead atoms. The molecule has 1 fully saturated rings. The molecule has 1 saturated carbocycles. The molecule has 0 radical (unpaired) electrons. The summed E-state index contributed by atoms with van der Waals surface area (Å²) in [5.74, 6) is -0.450. The van der Waals surface area contributed by atoms with Gasteiger partial charge < -0.3 is 16.4 Å². The van der Waals surface area contributed by atoms with Crippen LogP contribution in [-0.4, -0.2) is 29.4 Å². The first-order valence-electron chi connectivity index (χ1n) is 7.61. The first kappa shape index (κ1) is 16.9. The van der Waals surface area contributed by atoms with Crippen LogP contribution in [0.25, 0.3) is 0 Å². The number of nitrogens with two attached hydrogens (primary N) is 1. The smallest absolute Gasteiger partial charge is 0.240 e. The van der Waals surface area contributed by atoms with Gasteiger partial charge in [-0.2, -0.15) is 0 Å². The highest BCUT2D eigenvalue weighted by molar-refractivity contribution is 7.09. The fourth-order valence-electron chi connectivity index (χ4n) is 2.40. The molecule has 1 aliphatic carbocycles. The van der Waals surface area contributed by atoms with Gasteiger partial charge in [-0.3, -0.25) is 9.59 Å². The summed E-state index contributed by atoms with van der Waals surface area (Å²) in [6.07, 6.45) is 2.86. The normalized spacial score (nSPS) is 17.7. The number of aromatic nitrogens is 1. The van der Waals surface area contributed by atoms with Gasteiger partial charge in [0, 0.05) is 11.1 Å². The third-order valence-corrected chi connectivity index (χ3v) is 5.22. The molecule has 1 aliphatic rings. The maximum Gasteiger partial charge on any atom is 0.240 e. The maximum absolute atomic E-state index is 12.1. The second-order valence-corrected chi connectivity index (χ2v) is 7.12. The Hall–Kier alpha value is -1.47. The first-order valence-corrected chi connectivity index (χ1v) is 8.49. The lowest BCUT2D eigenvalue weighted by Gasteiger charge is -2.40. The number of hydrogen-bond donors (Lipinski definition) is 3. The van der Waals surface area contributed by atoms with Crippen LogP contribution < -0.4 is 16.4 Å². The lowest BCUT2D eigenvalue weighted by Crippen LogP contribution is -2.54. The van der Waals surface area contributed by atoms with Gasteiger partial charge in [0.2, 0.25) is 11.8 Å². The minimum atomic E-state index is -0.591. The van der Waals surface area contributed by atoms with Crippen molar-refractivity contribution in [3.8, 4) is 0 Å². The molecule has 0 aliphatic heterocycles. The van der Waals surface area contributed by atoms with E-state index in [1.165, 1.54) is 0 Å². The molecule has 1 heterocycles. The van der Waals surface area contributed by atoms with Gasteiger partial charge in [-0.1, -0.05) is 13.8 Å². The monoisotopic (exact) mass is 324 g/mol. The van der Waals surface area contributed by atoms with Gasteiger partial charge >= 0.3 is 0 Å². The van der Waals surface area contributed by atoms with Gasteiger partial charge in [0.05, 0.1) is 18.1 Å². The second kappa shape index (κ2) is 6.75. The van der Waals surface area contributed by atoms with Crippen molar-refractivity contribution in [2.24, 2.45) is 11.7 Å². The third kappa shape index (κ3) is 3.64. The van der Waals surface area contributed by atoms with E-state index in [-0.39, 0.29) is 29.8 Å². The van der Waals surface area contributed by atoms with Crippen LogP contribution >= 0.6 is 11.3 Å². The Kier molecular flexibility index (Phi) is 5.18. The Bertz CT molecular complexity index is 551. The number of aryl methyl sites for hydroxylation is 1. The SMILES string of the molecule is Cc1csc(C2(NC(=O)CNC(=O)[C@@H](N)C(C)C)CCC2)n1. The number of amides is 2. The van der Waals surface area contributed by atoms with Crippen LogP contribution in [-0.2, 0) is 15.1 Å². The predicted octanol–water partition coefficient (Wildman–Crippen LogP) is 1.05. The highest BCUT2D eigenvalue weighted by Gasteiger charge is 2.42. The molecular weight excluding hydrogens is 300 g/mol. The maximum atomic E-state index is 12.1. The molecule has 4 N–H and O–H groups in total. The van der Waals surface area contributed by atoms with E-state index < -0.39 is 6.04 Å². The van der Waals surface area contributed by atoms with Gasteiger partial charge in [-0.05, 0) is 32.1 Å². The zero-order valence-electron chi connectivity index (χ0n) is 13.3. The predicted molar refractivity (Wildman–Crippen MR) is 86.3 cm³/mol. The lowest BCUT2D eigenvalue weighted by molar-refractivity contribution is -0.128. The van der Waals surface area contributed by atoms with Crippen molar-refractivity contribution in [1.29, 1.82) is 0 Å². The molecule has 0 aromatic carbocycles. The van der Waals surface area contributed by atoms with E-state index in [1.54, 1.807) is 11.3 Å². The number of rotatable bonds is 6. The Balaban J connectivity index is 1.90. The standard InChI is InChI=1S/C15H24N4O2S/c1-9(2)12(16)13(21)17-7-11(20)19-15(5-4-6-15)14-18-10(3)8-22-14/h8-9,12H,4-7,16H2,1-3H3,(H,17,21)(H,19,20)/t12-/m0/s1. The molecule has 122 valence electrons. The summed E-state index contributed by atoms with van der Waals surface area (Å²) in [5.41, 5.74) is 6.38. The van der Waals surface area contributed by atoms with Crippen LogP contribution in [0, 0.1) is 12.8 Å². The summed E-state index contributed by atoms with van der Waals surface area (Å²) in [4.78, 5) is 28.4. The van der Waals surface area contributed by atoms with Crippen molar-refractivity contribution in [2.75, 3.05) is 6.54 Å². The van der Waals surface area contributed by atoms with E-state index in [2.05, 4.69) is 15.6 Å². The van der Waals surface area contributed by atoms with Gasteiger partial charge in [-0.25, -0.2) is 4.98 Å². The first-order chi connectivity index (χ1) is 10.3. The van der Waals surface area contributed by atoms with E-state index in [1.807, 2.05) is 26.2 Å². The Morgan fingerprint density at radius 3 is 2.59 bits per heavy atom. The fraction of sp³-hybridized carbons (Fsp3) is 0.667. The lowest BCUT2D eigenvalue weighted by atomic mass is 9.77. The van der Waals surface area contributed by atoms with E-state index in [0.717, 1.165) is 30.0 Å². The zero-order valence-corrected chi connectivity index (χ0v) is 14.1. The van der Waals surface area contributed by atoms with Gasteiger partial charge in [-0.15, -0.1) is 11.3 Å². The number of thiazole rings is 1.